The van der Waals surface area contributed by atoms with Gasteiger partial charge in [0, 0.05) is 0 Å². The van der Waals surface area contributed by atoms with Crippen molar-refractivity contribution in [3.8, 4) is 11.5 Å². The summed E-state index contributed by atoms with van der Waals surface area (Å²) in [4.78, 5) is 22.3. The molecule has 0 aliphatic carbocycles. The van der Waals surface area contributed by atoms with Gasteiger partial charge < -0.3 is 19.9 Å². The van der Waals surface area contributed by atoms with Crippen LogP contribution in [0.5, 0.6) is 11.5 Å². The number of hydrogen-bond acceptors (Lipinski definition) is 6. The zero-order valence-corrected chi connectivity index (χ0v) is 12.4. The molecule has 1 aromatic carbocycles. The molecule has 1 amide bonds. The second-order valence-electron chi connectivity index (χ2n) is 4.52. The van der Waals surface area contributed by atoms with E-state index in [9.17, 15) is 9.59 Å². The molecular formula is C14H16N4O5. The van der Waals surface area contributed by atoms with E-state index >= 15 is 0 Å². The molecule has 23 heavy (non-hydrogen) atoms. The van der Waals surface area contributed by atoms with Gasteiger partial charge in [0.05, 0.1) is 19.9 Å². The molecule has 0 aliphatic heterocycles. The van der Waals surface area contributed by atoms with Gasteiger partial charge in [0.15, 0.2) is 18.1 Å². The number of carboxylic acids is 1. The van der Waals surface area contributed by atoms with Crippen LogP contribution in [0.25, 0.3) is 0 Å². The van der Waals surface area contributed by atoms with Gasteiger partial charge in [-0.25, -0.2) is 4.68 Å². The smallest absolute Gasteiger partial charge is 0.325 e. The van der Waals surface area contributed by atoms with Crippen LogP contribution in [0.3, 0.4) is 0 Å². The Balaban J connectivity index is 1.79. The summed E-state index contributed by atoms with van der Waals surface area (Å²) in [6.45, 7) is -0.324. The molecular weight excluding hydrogens is 304 g/mol. The Labute approximate surface area is 131 Å². The maximum atomic E-state index is 11.7. The van der Waals surface area contributed by atoms with Crippen molar-refractivity contribution in [3.63, 3.8) is 0 Å². The first kappa shape index (κ1) is 16.3. The minimum Gasteiger partial charge on any atom is -0.493 e. The fraction of sp³-hybridized carbons (Fsp3) is 0.286. The van der Waals surface area contributed by atoms with Crippen LogP contribution in [0.2, 0.25) is 0 Å². The van der Waals surface area contributed by atoms with Crippen LogP contribution in [0.4, 0.5) is 0 Å². The Bertz CT molecular complexity index is 685. The van der Waals surface area contributed by atoms with Crippen molar-refractivity contribution in [1.82, 2.24) is 20.3 Å². The second-order valence-corrected chi connectivity index (χ2v) is 4.52. The van der Waals surface area contributed by atoms with Gasteiger partial charge >= 0.3 is 5.97 Å². The number of para-hydroxylation sites is 2. The highest BCUT2D eigenvalue weighted by atomic mass is 16.5. The van der Waals surface area contributed by atoms with Crippen molar-refractivity contribution in [1.29, 1.82) is 0 Å². The number of amides is 1. The van der Waals surface area contributed by atoms with Gasteiger partial charge in [0.25, 0.3) is 5.91 Å². The molecule has 0 fully saturated rings. The van der Waals surface area contributed by atoms with Crippen LogP contribution in [0, 0.1) is 0 Å². The van der Waals surface area contributed by atoms with Gasteiger partial charge in [-0.2, -0.15) is 0 Å². The summed E-state index contributed by atoms with van der Waals surface area (Å²) in [6.07, 6.45) is 1.45. The highest BCUT2D eigenvalue weighted by Gasteiger charge is 2.08. The number of ether oxygens (including phenoxy) is 2. The molecule has 0 aliphatic rings. The molecule has 1 aromatic heterocycles. The molecule has 0 spiro atoms. The van der Waals surface area contributed by atoms with Gasteiger partial charge in [0.2, 0.25) is 0 Å². The minimum absolute atomic E-state index is 0.133. The number of methoxy groups -OCH3 is 1. The molecule has 1 heterocycles. The number of aromatic nitrogens is 3. The van der Waals surface area contributed by atoms with Crippen molar-refractivity contribution in [2.75, 3.05) is 13.7 Å². The number of benzene rings is 1. The Morgan fingerprint density at radius 1 is 1.30 bits per heavy atom. The lowest BCUT2D eigenvalue weighted by Crippen LogP contribution is -2.28. The third kappa shape index (κ3) is 4.99. The molecule has 0 saturated heterocycles. The summed E-state index contributed by atoms with van der Waals surface area (Å²) < 4.78 is 11.7. The van der Waals surface area contributed by atoms with E-state index in [2.05, 4.69) is 15.6 Å². The Morgan fingerprint density at radius 2 is 2.04 bits per heavy atom. The molecule has 0 unspecified atom stereocenters. The number of aliphatic carboxylic acids is 1. The van der Waals surface area contributed by atoms with Crippen molar-refractivity contribution in [3.05, 3.63) is 36.2 Å². The van der Waals surface area contributed by atoms with Crippen LogP contribution >= 0.6 is 0 Å². The van der Waals surface area contributed by atoms with E-state index in [1.54, 1.807) is 24.3 Å². The van der Waals surface area contributed by atoms with Crippen molar-refractivity contribution in [2.45, 2.75) is 13.1 Å². The summed E-state index contributed by atoms with van der Waals surface area (Å²) in [7, 11) is 1.52. The number of carboxylic acid groups (broad SMARTS) is 1. The Hall–Kier alpha value is -3.10. The predicted octanol–water partition coefficient (Wildman–Crippen LogP) is 0.0665. The largest absolute Gasteiger partial charge is 0.493 e. The van der Waals surface area contributed by atoms with Crippen LogP contribution in [-0.4, -0.2) is 45.7 Å². The number of nitrogens with one attached hydrogen (secondary N) is 1. The number of nitrogens with zero attached hydrogens (tertiary/aromatic N) is 3. The minimum atomic E-state index is -1.02. The van der Waals surface area contributed by atoms with E-state index in [-0.39, 0.29) is 25.6 Å². The third-order valence-corrected chi connectivity index (χ3v) is 2.78. The monoisotopic (exact) mass is 320 g/mol. The molecule has 0 atom stereocenters. The highest BCUT2D eigenvalue weighted by Crippen LogP contribution is 2.25. The number of hydrogen-bond donors (Lipinski definition) is 2. The van der Waals surface area contributed by atoms with Crippen LogP contribution in [0.1, 0.15) is 5.69 Å². The first-order valence-corrected chi connectivity index (χ1v) is 6.72. The summed E-state index contributed by atoms with van der Waals surface area (Å²) in [6, 6.07) is 7.00. The van der Waals surface area contributed by atoms with Crippen molar-refractivity contribution < 1.29 is 24.2 Å². The summed E-state index contributed by atoms with van der Waals surface area (Å²) in [5.41, 5.74) is 0.455. The van der Waals surface area contributed by atoms with E-state index in [1.807, 2.05) is 0 Å². The maximum Gasteiger partial charge on any atom is 0.325 e. The fourth-order valence-electron chi connectivity index (χ4n) is 1.76. The normalized spacial score (nSPS) is 10.1. The van der Waals surface area contributed by atoms with Crippen LogP contribution in [0.15, 0.2) is 30.5 Å². The third-order valence-electron chi connectivity index (χ3n) is 2.78. The lowest BCUT2D eigenvalue weighted by atomic mass is 10.3. The van der Waals surface area contributed by atoms with Gasteiger partial charge in [-0.15, -0.1) is 5.10 Å². The van der Waals surface area contributed by atoms with Gasteiger partial charge in [0.1, 0.15) is 12.2 Å². The molecule has 0 bridgehead atoms. The average Bonchev–Trinajstić information content (AvgIpc) is 2.97. The molecule has 0 saturated carbocycles. The van der Waals surface area contributed by atoms with Crippen LogP contribution < -0.4 is 14.8 Å². The lowest BCUT2D eigenvalue weighted by Gasteiger charge is -2.09. The number of carbonyl (C=O) groups excluding carboxylic acids is 1. The molecule has 0 radical (unpaired) electrons. The topological polar surface area (TPSA) is 116 Å². The van der Waals surface area contributed by atoms with Gasteiger partial charge in [-0.1, -0.05) is 17.3 Å². The zero-order chi connectivity index (χ0) is 16.7. The summed E-state index contributed by atoms with van der Waals surface area (Å²) >= 11 is 0. The van der Waals surface area contributed by atoms with Crippen molar-refractivity contribution >= 4 is 11.9 Å². The molecule has 2 aromatic rings. The first-order valence-electron chi connectivity index (χ1n) is 6.72. The van der Waals surface area contributed by atoms with Crippen LogP contribution in [-0.2, 0) is 22.7 Å². The van der Waals surface area contributed by atoms with E-state index < -0.39 is 5.97 Å². The molecule has 122 valence electrons. The van der Waals surface area contributed by atoms with Gasteiger partial charge in [-0.05, 0) is 12.1 Å². The summed E-state index contributed by atoms with van der Waals surface area (Å²) in [5.74, 6) is -0.353. The molecule has 2 N–H and O–H groups in total. The highest BCUT2D eigenvalue weighted by molar-refractivity contribution is 5.77. The lowest BCUT2D eigenvalue weighted by molar-refractivity contribution is -0.138. The van der Waals surface area contributed by atoms with E-state index in [0.29, 0.717) is 17.2 Å². The number of rotatable bonds is 8. The zero-order valence-electron chi connectivity index (χ0n) is 12.4. The Kier molecular flexibility index (Phi) is 5.50. The van der Waals surface area contributed by atoms with E-state index in [1.165, 1.54) is 18.0 Å². The standard InChI is InChI=1S/C14H16N4O5/c1-22-11-4-2-3-5-12(11)23-9-13(19)15-6-10-7-18(17-16-10)8-14(20)21/h2-5,7H,6,8-9H2,1H3,(H,15,19)(H,20,21). The van der Waals surface area contributed by atoms with Crippen molar-refractivity contribution in [2.24, 2.45) is 0 Å². The summed E-state index contributed by atoms with van der Waals surface area (Å²) in [5, 5.41) is 18.6. The SMILES string of the molecule is COc1ccccc1OCC(=O)NCc1cn(CC(=O)O)nn1. The maximum absolute atomic E-state index is 11.7. The first-order chi connectivity index (χ1) is 11.1. The quantitative estimate of drug-likeness (QED) is 0.707. The Morgan fingerprint density at radius 3 is 2.74 bits per heavy atom. The fourth-order valence-corrected chi connectivity index (χ4v) is 1.76. The molecule has 2 rings (SSSR count). The van der Waals surface area contributed by atoms with Gasteiger partial charge in [-0.3, -0.25) is 9.59 Å². The molecule has 9 nitrogen and oxygen atoms in total. The van der Waals surface area contributed by atoms with E-state index in [0.717, 1.165) is 0 Å². The number of carbonyl (C=O) groups is 2. The predicted molar refractivity (Wildman–Crippen MR) is 78.0 cm³/mol. The molecule has 9 heteroatoms. The van der Waals surface area contributed by atoms with E-state index in [4.69, 9.17) is 14.6 Å². The average molecular weight is 320 g/mol. The second kappa shape index (κ2) is 7.78.